The minimum Gasteiger partial charge on any atom is -0.308 e. The van der Waals surface area contributed by atoms with E-state index < -0.39 is 0 Å². The molecule has 0 aliphatic carbocycles. The van der Waals surface area contributed by atoms with Crippen LogP contribution < -0.4 is 5.32 Å². The van der Waals surface area contributed by atoms with E-state index in [9.17, 15) is 4.79 Å². The van der Waals surface area contributed by atoms with Gasteiger partial charge in [-0.1, -0.05) is 73.1 Å². The van der Waals surface area contributed by atoms with Gasteiger partial charge < -0.3 is 14.8 Å². The molecule has 2 aromatic heterocycles. The SMILES string of the molecule is CCc1nn(-c2ccccc2)c2c1CN(C(=O)Nc1ccc(C)c(Cl)c1)C(c1ccccc1)c1cccn1-2. The number of amides is 2. The Morgan fingerprint density at radius 1 is 1.00 bits per heavy atom. The third-order valence-electron chi connectivity index (χ3n) is 7.10. The quantitative estimate of drug-likeness (QED) is 0.269. The van der Waals surface area contributed by atoms with Crippen molar-refractivity contribution in [2.45, 2.75) is 32.9 Å². The van der Waals surface area contributed by atoms with Crippen molar-refractivity contribution in [3.63, 3.8) is 0 Å². The van der Waals surface area contributed by atoms with Gasteiger partial charge in [0.1, 0.15) is 5.82 Å². The number of aryl methyl sites for hydroxylation is 2. The molecule has 1 atom stereocenters. The van der Waals surface area contributed by atoms with E-state index in [4.69, 9.17) is 16.7 Å². The van der Waals surface area contributed by atoms with Crippen LogP contribution in [0.15, 0.2) is 97.2 Å². The molecule has 1 unspecified atom stereocenters. The number of urea groups is 1. The Morgan fingerprint density at radius 3 is 2.45 bits per heavy atom. The number of nitrogens with one attached hydrogen (secondary N) is 1. The summed E-state index contributed by atoms with van der Waals surface area (Å²) in [7, 11) is 0. The van der Waals surface area contributed by atoms with Crippen molar-refractivity contribution < 1.29 is 4.79 Å². The first-order valence-corrected chi connectivity index (χ1v) is 13.2. The largest absolute Gasteiger partial charge is 0.322 e. The smallest absolute Gasteiger partial charge is 0.308 e. The molecule has 1 aliphatic rings. The average Bonchev–Trinajstić information content (AvgIpc) is 3.53. The second-order valence-corrected chi connectivity index (χ2v) is 9.90. The number of benzene rings is 3. The molecule has 2 amide bonds. The molecule has 0 saturated heterocycles. The molecule has 0 saturated carbocycles. The highest BCUT2D eigenvalue weighted by Crippen LogP contribution is 2.39. The number of carbonyl (C=O) groups is 1. The van der Waals surface area contributed by atoms with E-state index in [0.29, 0.717) is 17.3 Å². The second-order valence-electron chi connectivity index (χ2n) is 9.49. The summed E-state index contributed by atoms with van der Waals surface area (Å²) < 4.78 is 4.18. The Labute approximate surface area is 227 Å². The lowest BCUT2D eigenvalue weighted by molar-refractivity contribution is 0.194. The number of para-hydroxylation sites is 1. The van der Waals surface area contributed by atoms with Crippen LogP contribution in [-0.2, 0) is 13.0 Å². The minimum absolute atomic E-state index is 0.200. The average molecular weight is 522 g/mol. The molecule has 5 aromatic rings. The number of anilines is 1. The van der Waals surface area contributed by atoms with Crippen molar-refractivity contribution in [3.05, 3.63) is 130 Å². The zero-order chi connectivity index (χ0) is 26.2. The van der Waals surface area contributed by atoms with Gasteiger partial charge in [-0.2, -0.15) is 5.10 Å². The number of aromatic nitrogens is 3. The van der Waals surface area contributed by atoms with Gasteiger partial charge in [-0.05, 0) is 60.9 Å². The summed E-state index contributed by atoms with van der Waals surface area (Å²) >= 11 is 6.37. The Hall–Kier alpha value is -4.29. The number of nitrogens with zero attached hydrogens (tertiary/aromatic N) is 4. The highest BCUT2D eigenvalue weighted by Gasteiger charge is 2.36. The number of hydrogen-bond acceptors (Lipinski definition) is 2. The molecule has 0 fully saturated rings. The molecule has 0 spiro atoms. The Bertz CT molecular complexity index is 1610. The summed E-state index contributed by atoms with van der Waals surface area (Å²) in [6.45, 7) is 4.45. The fourth-order valence-corrected chi connectivity index (χ4v) is 5.38. The standard InChI is InChI=1S/C31H28ClN5O/c1-3-27-25-20-36(31(38)33-23-17-16-21(2)26(32)19-23)29(22-11-6-4-7-12-22)28-15-10-18-35(28)30(25)37(34-27)24-13-8-5-9-14-24/h4-19,29H,3,20H2,1-2H3,(H,33,38). The Morgan fingerprint density at radius 2 is 1.74 bits per heavy atom. The summed E-state index contributed by atoms with van der Waals surface area (Å²) in [6.07, 6.45) is 2.81. The van der Waals surface area contributed by atoms with Gasteiger partial charge in [-0.25, -0.2) is 9.48 Å². The van der Waals surface area contributed by atoms with Gasteiger partial charge in [-0.3, -0.25) is 0 Å². The predicted molar refractivity (Wildman–Crippen MR) is 151 cm³/mol. The van der Waals surface area contributed by atoms with Crippen LogP contribution in [-0.4, -0.2) is 25.3 Å². The first-order valence-electron chi connectivity index (χ1n) is 12.8. The maximum Gasteiger partial charge on any atom is 0.322 e. The Kier molecular flexibility index (Phi) is 6.26. The number of halogens is 1. The fraction of sp³-hybridized carbons (Fsp3) is 0.161. The van der Waals surface area contributed by atoms with Crippen LogP contribution in [0, 0.1) is 6.92 Å². The lowest BCUT2D eigenvalue weighted by Gasteiger charge is -2.31. The van der Waals surface area contributed by atoms with E-state index in [-0.39, 0.29) is 12.1 Å². The van der Waals surface area contributed by atoms with Crippen LogP contribution in [0.5, 0.6) is 0 Å². The molecule has 3 heterocycles. The number of rotatable bonds is 4. The monoisotopic (exact) mass is 521 g/mol. The van der Waals surface area contributed by atoms with E-state index in [1.54, 1.807) is 6.07 Å². The molecule has 0 radical (unpaired) electrons. The molecule has 1 N–H and O–H groups in total. The second kappa shape index (κ2) is 9.88. The normalized spacial score (nSPS) is 14.5. The molecule has 6 rings (SSSR count). The molecular weight excluding hydrogens is 494 g/mol. The van der Waals surface area contributed by atoms with Gasteiger partial charge in [0.2, 0.25) is 0 Å². The molecule has 190 valence electrons. The zero-order valence-electron chi connectivity index (χ0n) is 21.3. The fourth-order valence-electron chi connectivity index (χ4n) is 5.20. The van der Waals surface area contributed by atoms with Crippen LogP contribution in [0.1, 0.15) is 41.0 Å². The van der Waals surface area contributed by atoms with Crippen LogP contribution in [0.4, 0.5) is 10.5 Å². The minimum atomic E-state index is -0.312. The van der Waals surface area contributed by atoms with Gasteiger partial charge in [0, 0.05) is 22.5 Å². The van der Waals surface area contributed by atoms with Crippen molar-refractivity contribution in [3.8, 4) is 11.5 Å². The Balaban J connectivity index is 1.53. The maximum atomic E-state index is 14.1. The third kappa shape index (κ3) is 4.17. The molecule has 6 nitrogen and oxygen atoms in total. The van der Waals surface area contributed by atoms with Crippen LogP contribution >= 0.6 is 11.6 Å². The van der Waals surface area contributed by atoms with Gasteiger partial charge in [0.15, 0.2) is 0 Å². The van der Waals surface area contributed by atoms with Gasteiger partial charge in [-0.15, -0.1) is 0 Å². The maximum absolute atomic E-state index is 14.1. The summed E-state index contributed by atoms with van der Waals surface area (Å²) in [5.74, 6) is 0.961. The van der Waals surface area contributed by atoms with Crippen LogP contribution in [0.25, 0.3) is 11.5 Å². The molecule has 1 aliphatic heterocycles. The summed E-state index contributed by atoms with van der Waals surface area (Å²) in [5, 5.41) is 8.74. The van der Waals surface area contributed by atoms with Gasteiger partial charge >= 0.3 is 6.03 Å². The number of hydrogen-bond donors (Lipinski definition) is 1. The van der Waals surface area contributed by atoms with Gasteiger partial charge in [0.25, 0.3) is 0 Å². The molecule has 7 heteroatoms. The van der Waals surface area contributed by atoms with Crippen molar-refractivity contribution >= 4 is 23.3 Å². The van der Waals surface area contributed by atoms with Crippen molar-refractivity contribution in [1.82, 2.24) is 19.2 Å². The van der Waals surface area contributed by atoms with E-state index in [0.717, 1.165) is 46.0 Å². The van der Waals surface area contributed by atoms with E-state index in [1.807, 2.05) is 71.1 Å². The molecular formula is C31H28ClN5O. The summed E-state index contributed by atoms with van der Waals surface area (Å²) in [5.41, 5.74) is 6.63. The van der Waals surface area contributed by atoms with Crippen molar-refractivity contribution in [2.24, 2.45) is 0 Å². The molecule has 0 bridgehead atoms. The zero-order valence-corrected chi connectivity index (χ0v) is 22.1. The first kappa shape index (κ1) is 24.1. The van der Waals surface area contributed by atoms with Crippen LogP contribution in [0.3, 0.4) is 0 Å². The highest BCUT2D eigenvalue weighted by atomic mass is 35.5. The number of carbonyl (C=O) groups excluding carboxylic acids is 1. The highest BCUT2D eigenvalue weighted by molar-refractivity contribution is 6.31. The van der Waals surface area contributed by atoms with Crippen molar-refractivity contribution in [1.29, 1.82) is 0 Å². The molecule has 38 heavy (non-hydrogen) atoms. The summed E-state index contributed by atoms with van der Waals surface area (Å²) in [4.78, 5) is 16.0. The van der Waals surface area contributed by atoms with E-state index in [2.05, 4.69) is 53.3 Å². The van der Waals surface area contributed by atoms with E-state index >= 15 is 0 Å². The number of fused-ring (bicyclic) bond motifs is 3. The third-order valence-corrected chi connectivity index (χ3v) is 7.51. The van der Waals surface area contributed by atoms with Crippen molar-refractivity contribution in [2.75, 3.05) is 5.32 Å². The van der Waals surface area contributed by atoms with Gasteiger partial charge in [0.05, 0.1) is 29.7 Å². The topological polar surface area (TPSA) is 55.1 Å². The predicted octanol–water partition coefficient (Wildman–Crippen LogP) is 7.32. The molecule has 3 aromatic carbocycles. The lowest BCUT2D eigenvalue weighted by Crippen LogP contribution is -2.38. The van der Waals surface area contributed by atoms with Crippen LogP contribution in [0.2, 0.25) is 5.02 Å². The summed E-state index contributed by atoms with van der Waals surface area (Å²) in [6, 6.07) is 29.5. The lowest BCUT2D eigenvalue weighted by atomic mass is 10.0. The first-order chi connectivity index (χ1) is 18.5. The van der Waals surface area contributed by atoms with E-state index in [1.165, 1.54) is 0 Å².